The van der Waals surface area contributed by atoms with Gasteiger partial charge in [0.1, 0.15) is 13.2 Å². The molecule has 2 aliphatic rings. The molecule has 0 aliphatic heterocycles. The number of ether oxygens (including phenoxy) is 1. The predicted octanol–water partition coefficient (Wildman–Crippen LogP) is 3.32. The standard InChI is InChI=1S/C25H24N2O5/c1-27(17-12-10-16(11-13-17)24(29)30)23(28)14-26-25(31)32-15-22-20-8-4-2-6-18(20)19-7-3-5-9-21(19)22/h2-12,17,22H,13-15H2,1H3,(H,26,31)(H,29,30). The van der Waals surface area contributed by atoms with Crippen molar-refractivity contribution >= 4 is 18.0 Å². The fourth-order valence-corrected chi connectivity index (χ4v) is 4.16. The number of carbonyl (C=O) groups is 3. The summed E-state index contributed by atoms with van der Waals surface area (Å²) in [5.41, 5.74) is 4.74. The number of carboxylic acid groups (broad SMARTS) is 1. The number of likely N-dealkylation sites (N-methyl/N-ethyl adjacent to an activating group) is 1. The molecule has 164 valence electrons. The van der Waals surface area contributed by atoms with Crippen LogP contribution in [0.25, 0.3) is 11.1 Å². The zero-order valence-electron chi connectivity index (χ0n) is 17.7. The summed E-state index contributed by atoms with van der Waals surface area (Å²) in [6, 6.07) is 15.9. The van der Waals surface area contributed by atoms with Crippen molar-refractivity contribution in [3.8, 4) is 11.1 Å². The van der Waals surface area contributed by atoms with Crippen LogP contribution >= 0.6 is 0 Å². The minimum Gasteiger partial charge on any atom is -0.478 e. The molecule has 7 nitrogen and oxygen atoms in total. The van der Waals surface area contributed by atoms with Crippen LogP contribution in [0.2, 0.25) is 0 Å². The van der Waals surface area contributed by atoms with Crippen molar-refractivity contribution in [3.63, 3.8) is 0 Å². The number of benzene rings is 2. The van der Waals surface area contributed by atoms with Gasteiger partial charge in [-0.2, -0.15) is 0 Å². The van der Waals surface area contributed by atoms with Gasteiger partial charge in [0.25, 0.3) is 0 Å². The van der Waals surface area contributed by atoms with E-state index in [9.17, 15) is 14.4 Å². The molecule has 0 saturated carbocycles. The Morgan fingerprint density at radius 1 is 1.06 bits per heavy atom. The highest BCUT2D eigenvalue weighted by molar-refractivity contribution is 5.90. The third-order valence-corrected chi connectivity index (χ3v) is 5.94. The van der Waals surface area contributed by atoms with Crippen molar-refractivity contribution in [2.24, 2.45) is 0 Å². The van der Waals surface area contributed by atoms with E-state index in [1.165, 1.54) is 11.0 Å². The molecule has 0 aromatic heterocycles. The van der Waals surface area contributed by atoms with Crippen LogP contribution in [0.4, 0.5) is 4.79 Å². The van der Waals surface area contributed by atoms with E-state index in [4.69, 9.17) is 9.84 Å². The van der Waals surface area contributed by atoms with Gasteiger partial charge < -0.3 is 20.1 Å². The van der Waals surface area contributed by atoms with Crippen molar-refractivity contribution < 1.29 is 24.2 Å². The highest BCUT2D eigenvalue weighted by atomic mass is 16.5. The number of aliphatic carboxylic acids is 1. The molecule has 2 aromatic rings. The number of rotatable bonds is 6. The van der Waals surface area contributed by atoms with Crippen LogP contribution in [0.1, 0.15) is 23.5 Å². The first-order valence-corrected chi connectivity index (χ1v) is 10.4. The maximum Gasteiger partial charge on any atom is 0.407 e. The lowest BCUT2D eigenvalue weighted by atomic mass is 9.98. The lowest BCUT2D eigenvalue weighted by molar-refractivity contribution is -0.132. The summed E-state index contributed by atoms with van der Waals surface area (Å²) in [4.78, 5) is 37.1. The van der Waals surface area contributed by atoms with Gasteiger partial charge in [0, 0.05) is 13.0 Å². The van der Waals surface area contributed by atoms with Crippen molar-refractivity contribution in [3.05, 3.63) is 83.5 Å². The van der Waals surface area contributed by atoms with Gasteiger partial charge in [-0.3, -0.25) is 4.79 Å². The van der Waals surface area contributed by atoms with Gasteiger partial charge in [-0.05, 0) is 34.8 Å². The molecule has 7 heteroatoms. The molecule has 2 amide bonds. The minimum absolute atomic E-state index is 0.0471. The Morgan fingerprint density at radius 2 is 1.69 bits per heavy atom. The monoisotopic (exact) mass is 432 g/mol. The summed E-state index contributed by atoms with van der Waals surface area (Å²) in [7, 11) is 1.62. The first-order chi connectivity index (χ1) is 15.5. The van der Waals surface area contributed by atoms with E-state index in [0.29, 0.717) is 6.42 Å². The summed E-state index contributed by atoms with van der Waals surface area (Å²) in [5.74, 6) is -1.33. The SMILES string of the molecule is CN(C(=O)CNC(=O)OCC1c2ccccc2-c2ccccc21)C1C=CC(C(=O)O)=CC1. The van der Waals surface area contributed by atoms with E-state index in [2.05, 4.69) is 17.4 Å². The fourth-order valence-electron chi connectivity index (χ4n) is 4.16. The van der Waals surface area contributed by atoms with E-state index in [1.807, 2.05) is 36.4 Å². The van der Waals surface area contributed by atoms with Gasteiger partial charge in [0.15, 0.2) is 0 Å². The van der Waals surface area contributed by atoms with E-state index in [0.717, 1.165) is 22.3 Å². The maximum absolute atomic E-state index is 12.4. The number of amides is 2. The molecule has 32 heavy (non-hydrogen) atoms. The van der Waals surface area contributed by atoms with E-state index >= 15 is 0 Å². The number of hydrogen-bond donors (Lipinski definition) is 2. The van der Waals surface area contributed by atoms with Crippen molar-refractivity contribution in [2.45, 2.75) is 18.4 Å². The van der Waals surface area contributed by atoms with Crippen molar-refractivity contribution in [2.75, 3.05) is 20.2 Å². The van der Waals surface area contributed by atoms with Crippen LogP contribution in [0.15, 0.2) is 72.3 Å². The van der Waals surface area contributed by atoms with E-state index in [1.54, 1.807) is 19.2 Å². The van der Waals surface area contributed by atoms with Crippen LogP contribution in [-0.4, -0.2) is 54.2 Å². The molecule has 1 unspecified atom stereocenters. The second kappa shape index (κ2) is 9.09. The molecule has 2 aromatic carbocycles. The number of alkyl carbamates (subject to hydrolysis) is 1. The number of fused-ring (bicyclic) bond motifs is 3. The van der Waals surface area contributed by atoms with Crippen LogP contribution in [-0.2, 0) is 14.3 Å². The Morgan fingerprint density at radius 3 is 2.25 bits per heavy atom. The first-order valence-electron chi connectivity index (χ1n) is 10.4. The maximum atomic E-state index is 12.4. The van der Waals surface area contributed by atoms with Gasteiger partial charge >= 0.3 is 12.1 Å². The number of nitrogens with one attached hydrogen (secondary N) is 1. The molecule has 2 N–H and O–H groups in total. The summed E-state index contributed by atoms with van der Waals surface area (Å²) in [6.07, 6.45) is 4.50. The molecule has 0 heterocycles. The number of carboxylic acids is 1. The number of carbonyl (C=O) groups excluding carboxylic acids is 2. The van der Waals surface area contributed by atoms with E-state index in [-0.39, 0.29) is 36.6 Å². The highest BCUT2D eigenvalue weighted by Gasteiger charge is 2.29. The zero-order valence-corrected chi connectivity index (χ0v) is 17.7. The van der Waals surface area contributed by atoms with Gasteiger partial charge in [-0.1, -0.05) is 60.7 Å². The minimum atomic E-state index is -0.995. The third-order valence-electron chi connectivity index (χ3n) is 5.94. The molecule has 0 spiro atoms. The van der Waals surface area contributed by atoms with Gasteiger partial charge in [-0.25, -0.2) is 9.59 Å². The topological polar surface area (TPSA) is 95.9 Å². The zero-order chi connectivity index (χ0) is 22.7. The molecule has 0 radical (unpaired) electrons. The quantitative estimate of drug-likeness (QED) is 0.730. The Kier molecular flexibility index (Phi) is 6.07. The summed E-state index contributed by atoms with van der Waals surface area (Å²) in [5, 5.41) is 11.5. The Balaban J connectivity index is 1.29. The molecule has 0 bridgehead atoms. The number of hydrogen-bond acceptors (Lipinski definition) is 4. The molecule has 4 rings (SSSR count). The van der Waals surface area contributed by atoms with Crippen LogP contribution in [0.5, 0.6) is 0 Å². The van der Waals surface area contributed by atoms with Crippen LogP contribution in [0, 0.1) is 0 Å². The van der Waals surface area contributed by atoms with Gasteiger partial charge in [0.2, 0.25) is 5.91 Å². The molecule has 0 saturated heterocycles. The summed E-state index contributed by atoms with van der Waals surface area (Å²) in [6.45, 7) is -0.0228. The molecular formula is C25H24N2O5. The molecule has 2 aliphatic carbocycles. The third kappa shape index (κ3) is 4.27. The van der Waals surface area contributed by atoms with Crippen molar-refractivity contribution in [1.82, 2.24) is 10.2 Å². The van der Waals surface area contributed by atoms with Crippen LogP contribution in [0.3, 0.4) is 0 Å². The Labute approximate surface area is 186 Å². The second-order valence-electron chi connectivity index (χ2n) is 7.81. The fraction of sp³-hybridized carbons (Fsp3) is 0.240. The lowest BCUT2D eigenvalue weighted by Gasteiger charge is -2.26. The van der Waals surface area contributed by atoms with Gasteiger partial charge in [0.05, 0.1) is 11.6 Å². The van der Waals surface area contributed by atoms with E-state index < -0.39 is 12.1 Å². The summed E-state index contributed by atoms with van der Waals surface area (Å²) < 4.78 is 5.45. The smallest absolute Gasteiger partial charge is 0.407 e. The Bertz CT molecular complexity index is 1080. The van der Waals surface area contributed by atoms with Crippen molar-refractivity contribution in [1.29, 1.82) is 0 Å². The lowest BCUT2D eigenvalue weighted by Crippen LogP contribution is -2.43. The van der Waals surface area contributed by atoms with Crippen LogP contribution < -0.4 is 5.32 Å². The molecule has 1 atom stereocenters. The number of nitrogens with zero attached hydrogens (tertiary/aromatic N) is 1. The largest absolute Gasteiger partial charge is 0.478 e. The molecule has 0 fully saturated rings. The average Bonchev–Trinajstić information content (AvgIpc) is 3.14. The molecular weight excluding hydrogens is 408 g/mol. The normalized spacial score (nSPS) is 16.5. The average molecular weight is 432 g/mol. The second-order valence-corrected chi connectivity index (χ2v) is 7.81. The first kappa shape index (κ1) is 21.4. The Hall–Kier alpha value is -3.87. The highest BCUT2D eigenvalue weighted by Crippen LogP contribution is 2.44. The summed E-state index contributed by atoms with van der Waals surface area (Å²) >= 11 is 0. The predicted molar refractivity (Wildman–Crippen MR) is 119 cm³/mol. The van der Waals surface area contributed by atoms with Gasteiger partial charge in [-0.15, -0.1) is 0 Å².